The molecule has 0 saturated heterocycles. The van der Waals surface area contributed by atoms with Gasteiger partial charge in [0.2, 0.25) is 0 Å². The summed E-state index contributed by atoms with van der Waals surface area (Å²) in [6, 6.07) is 13.0. The zero-order valence-electron chi connectivity index (χ0n) is 43.3. The molecule has 8 bridgehead atoms. The van der Waals surface area contributed by atoms with E-state index in [9.17, 15) is 91.2 Å². The van der Waals surface area contributed by atoms with E-state index in [-0.39, 0.29) is 99.2 Å². The van der Waals surface area contributed by atoms with Crippen LogP contribution >= 0.6 is 0 Å². The Balaban J connectivity index is 1.19. The second-order valence-corrected chi connectivity index (χ2v) is 19.7. The van der Waals surface area contributed by atoms with E-state index in [0.29, 0.717) is 0 Å². The Kier molecular flexibility index (Phi) is 16.9. The summed E-state index contributed by atoms with van der Waals surface area (Å²) in [6.07, 6.45) is 4.61. The van der Waals surface area contributed by atoms with Gasteiger partial charge in [-0.15, -0.1) is 0 Å². The molecule has 4 N–H and O–H groups in total. The number of nitrogens with zero attached hydrogens (tertiary/aromatic N) is 15. The largest absolute Gasteiger partial charge is 0.388 e. The fraction of sp³-hybridized carbons (Fsp3) is 0.231. The van der Waals surface area contributed by atoms with Gasteiger partial charge in [-0.1, -0.05) is 30.4 Å². The number of aliphatic hydroxyl groups excluding tert-OH is 4. The minimum absolute atomic E-state index is 0.00257. The van der Waals surface area contributed by atoms with Gasteiger partial charge < -0.3 is 20.4 Å². The van der Waals surface area contributed by atoms with Crippen LogP contribution in [-0.4, -0.2) is 79.3 Å². The molecule has 0 spiro atoms. The van der Waals surface area contributed by atoms with Crippen molar-refractivity contribution >= 4 is 62.6 Å². The summed E-state index contributed by atoms with van der Waals surface area (Å²) in [5, 5.41) is 165. The summed E-state index contributed by atoms with van der Waals surface area (Å²) in [7, 11) is 0. The van der Waals surface area contributed by atoms with Crippen molar-refractivity contribution in [3.63, 3.8) is 0 Å². The van der Waals surface area contributed by atoms with Gasteiger partial charge in [-0.2, -0.15) is 40.9 Å². The molecular formula is C52H41N15O18. The molecule has 0 aromatic heterocycles. The summed E-state index contributed by atoms with van der Waals surface area (Å²) >= 11 is 0. The van der Waals surface area contributed by atoms with Crippen molar-refractivity contribution in [2.45, 2.75) is 50.1 Å². The normalized spacial score (nSPS) is 23.2. The van der Waals surface area contributed by atoms with Crippen LogP contribution in [0.5, 0.6) is 0 Å². The minimum Gasteiger partial charge on any atom is -0.388 e. The van der Waals surface area contributed by atoms with Gasteiger partial charge >= 0.3 is 0 Å². The van der Waals surface area contributed by atoms with Crippen LogP contribution in [0.4, 0.5) is 62.6 Å². The maximum absolute atomic E-state index is 12.4. The van der Waals surface area contributed by atoms with E-state index in [1.54, 1.807) is 0 Å². The Bertz CT molecular complexity index is 3840. The number of azo groups is 4. The zero-order chi connectivity index (χ0) is 61.0. The Labute approximate surface area is 474 Å². The van der Waals surface area contributed by atoms with Crippen molar-refractivity contribution in [3.8, 4) is 0 Å². The van der Waals surface area contributed by atoms with Crippen LogP contribution in [0, 0.1) is 94.5 Å². The number of non-ortho nitro benzene ring substituents is 7. The minimum atomic E-state index is -1.49. The van der Waals surface area contributed by atoms with E-state index in [1.165, 1.54) is 72.9 Å². The maximum Gasteiger partial charge on any atom is 0.278 e. The molecule has 85 heavy (non-hydrogen) atoms. The lowest BCUT2D eigenvalue weighted by Crippen LogP contribution is -2.35. The molecule has 432 valence electrons. The van der Waals surface area contributed by atoms with Gasteiger partial charge in [0.05, 0.1) is 123 Å². The maximum atomic E-state index is 12.4. The average Bonchev–Trinajstić information content (AvgIpc) is 3.17. The summed E-state index contributed by atoms with van der Waals surface area (Å²) in [4.78, 5) is 76.3. The quantitative estimate of drug-likeness (QED) is 0.0488. The highest BCUT2D eigenvalue weighted by Crippen LogP contribution is 2.44. The van der Waals surface area contributed by atoms with E-state index >= 15 is 0 Å². The Morgan fingerprint density at radius 2 is 0.600 bits per heavy atom. The summed E-state index contributed by atoms with van der Waals surface area (Å²) < 4.78 is 0. The van der Waals surface area contributed by atoms with Crippen molar-refractivity contribution in [3.05, 3.63) is 243 Å². The topological polar surface area (TPSA) is 482 Å². The Morgan fingerprint density at radius 3 is 0.941 bits per heavy atom. The van der Waals surface area contributed by atoms with Crippen LogP contribution in [0.25, 0.3) is 0 Å². The van der Waals surface area contributed by atoms with Crippen molar-refractivity contribution in [2.75, 3.05) is 0 Å². The van der Waals surface area contributed by atoms with Crippen molar-refractivity contribution in [2.24, 2.45) is 64.6 Å². The number of hydrogen-bond donors (Lipinski definition) is 4. The fourth-order valence-corrected chi connectivity index (χ4v) is 10.1. The van der Waals surface area contributed by atoms with E-state index < -0.39 is 117 Å². The molecular weight excluding hydrogens is 1120 g/mol. The number of fused-ring (bicyclic) bond motifs is 8. The van der Waals surface area contributed by atoms with Gasteiger partial charge in [0.15, 0.2) is 0 Å². The van der Waals surface area contributed by atoms with E-state index in [0.717, 1.165) is 54.6 Å². The number of nitro benzene ring substituents is 7. The van der Waals surface area contributed by atoms with Crippen LogP contribution in [0.2, 0.25) is 0 Å². The molecule has 1 fully saturated rings. The van der Waals surface area contributed by atoms with Crippen LogP contribution in [0.1, 0.15) is 25.7 Å². The third-order valence-corrected chi connectivity index (χ3v) is 14.0. The van der Waals surface area contributed by atoms with Crippen LogP contribution in [0.15, 0.2) is 213 Å². The summed E-state index contributed by atoms with van der Waals surface area (Å²) in [6.45, 7) is 0. The molecule has 5 aliphatic rings. The number of allylic oxidation sites excluding steroid dienone is 4. The first-order valence-electron chi connectivity index (χ1n) is 25.1. The average molecular weight is 1160 g/mol. The first-order chi connectivity index (χ1) is 40.4. The Hall–Kier alpha value is -11.2. The molecule has 0 amide bonds. The molecule has 33 nitrogen and oxygen atoms in total. The first-order valence-corrected chi connectivity index (χ1v) is 25.1. The summed E-state index contributed by atoms with van der Waals surface area (Å²) in [5.74, 6) is -4.19. The van der Waals surface area contributed by atoms with Crippen molar-refractivity contribution in [1.82, 2.24) is 0 Å². The molecule has 33 heteroatoms. The van der Waals surface area contributed by atoms with E-state index in [2.05, 4.69) is 40.9 Å². The molecule has 0 aliphatic heterocycles. The fourth-order valence-electron chi connectivity index (χ4n) is 10.1. The van der Waals surface area contributed by atoms with Gasteiger partial charge in [0.25, 0.3) is 39.8 Å². The number of nitro groups is 7. The molecule has 9 rings (SSSR count). The van der Waals surface area contributed by atoms with Crippen LogP contribution < -0.4 is 0 Å². The van der Waals surface area contributed by atoms with Gasteiger partial charge in [-0.25, -0.2) is 0 Å². The number of rotatable bonds is 15. The lowest BCUT2D eigenvalue weighted by Gasteiger charge is -2.37. The smallest absolute Gasteiger partial charge is 0.278 e. The predicted octanol–water partition coefficient (Wildman–Crippen LogP) is 11.3. The third-order valence-electron chi connectivity index (χ3n) is 14.0. The lowest BCUT2D eigenvalue weighted by molar-refractivity contribution is -0.394. The second kappa shape index (κ2) is 24.5. The zero-order valence-corrected chi connectivity index (χ0v) is 43.3. The molecule has 4 aromatic rings. The van der Waals surface area contributed by atoms with Gasteiger partial charge in [0.1, 0.15) is 0 Å². The highest BCUT2D eigenvalue weighted by molar-refractivity contribution is 5.58. The first kappa shape index (κ1) is 58.5. The number of benzene rings is 4. The molecule has 4 aromatic carbocycles. The molecule has 8 atom stereocenters. The molecule has 8 unspecified atom stereocenters. The molecule has 0 radical (unpaired) electrons. The van der Waals surface area contributed by atoms with E-state index in [4.69, 9.17) is 0 Å². The second-order valence-electron chi connectivity index (χ2n) is 19.7. The highest BCUT2D eigenvalue weighted by atomic mass is 16.7. The number of aliphatic hydroxyl groups is 4. The van der Waals surface area contributed by atoms with Crippen LogP contribution in [-0.2, 0) is 0 Å². The Morgan fingerprint density at radius 1 is 0.329 bits per heavy atom. The number of hydrogen-bond acceptors (Lipinski definition) is 26. The van der Waals surface area contributed by atoms with Gasteiger partial charge in [-0.05, 0) is 78.3 Å². The third kappa shape index (κ3) is 13.8. The summed E-state index contributed by atoms with van der Waals surface area (Å²) in [5.41, 5.74) is -4.48. The molecule has 5 aliphatic carbocycles. The monoisotopic (exact) mass is 1160 g/mol. The van der Waals surface area contributed by atoms with Crippen molar-refractivity contribution < 1.29 is 54.9 Å². The lowest BCUT2D eigenvalue weighted by atomic mass is 9.72. The molecule has 1 saturated carbocycles. The van der Waals surface area contributed by atoms with Gasteiger partial charge in [0, 0.05) is 72.2 Å². The SMILES string of the molecule is O=[N+]([O-])c1cccc(N=NC2=CC3CC4C=C(N=Nc5cc([N+](=O)[O-])cc([N+](=O)[O-])c5)C=C(CC5C=C(N=Nc6cc([N+](=O)[O-])cc([N+](=O)[O-])c6)C=C(CC6C=C(N=Nc7cc([N+](=O)[O-])cc([N+](=O)[O-])c7)C=C(CC(=C2)C3O)C6O)C5O)C4O)c1. The predicted molar refractivity (Wildman–Crippen MR) is 292 cm³/mol. The highest BCUT2D eigenvalue weighted by Gasteiger charge is 2.39. The van der Waals surface area contributed by atoms with E-state index in [1.807, 2.05) is 0 Å². The van der Waals surface area contributed by atoms with Gasteiger partial charge in [-0.3, -0.25) is 70.8 Å². The standard InChI is InChI=1S/C52H41N15O18/c68-49-26-4-28-10-36(55-58-39-17-43(62(74)75)23-44(18-39)63(76)77)12-30(50(28)69)6-32-14-38(57-60-41-21-47(66(82)83)25-48(22-41)67(84)85)15-33(52(32)71)7-31-13-37(56-59-40-19-45(64(78)79)24-46(20-40)65(80)81)11-29(51(31)70)5-27(49)9-35(8-26)54-53-34-2-1-3-42(16-34)61(72)73/h1-3,8-26,28,31-32,49-52,68-71H,4-7H2. The molecule has 0 heterocycles. The van der Waals surface area contributed by atoms with Crippen LogP contribution in [0.3, 0.4) is 0 Å². The van der Waals surface area contributed by atoms with Crippen molar-refractivity contribution in [1.29, 1.82) is 0 Å².